The first-order valence-corrected chi connectivity index (χ1v) is 56.7. The zero-order valence-electron chi connectivity index (χ0n) is 83.6. The van der Waals surface area contributed by atoms with Crippen LogP contribution in [-0.2, 0) is 20.6 Å². The smallest absolute Gasteiger partial charge is 0.178 e. The van der Waals surface area contributed by atoms with Gasteiger partial charge in [0.15, 0.2) is 9.84 Å². The first-order chi connectivity index (χ1) is 65.2. The second-order valence-electron chi connectivity index (χ2n) is 38.2. The van der Waals surface area contributed by atoms with Crippen LogP contribution in [0.2, 0.25) is 0 Å². The molecule has 14 nitrogen and oxygen atoms in total. The van der Waals surface area contributed by atoms with Crippen LogP contribution in [0.15, 0.2) is 190 Å². The minimum Gasteiger partial charge on any atom is -0.493 e. The highest BCUT2D eigenvalue weighted by atomic mass is 32.2. The van der Waals surface area contributed by atoms with Gasteiger partial charge in [0.25, 0.3) is 0 Å². The third kappa shape index (κ3) is 46.8. The maximum Gasteiger partial charge on any atom is 0.178 e. The van der Waals surface area contributed by atoms with E-state index in [0.717, 1.165) is 189 Å². The fourth-order valence-corrected chi connectivity index (χ4v) is 21.7. The Morgan fingerprint density at radius 3 is 1.24 bits per heavy atom. The molecule has 7 aromatic carbocycles. The Hall–Kier alpha value is -7.78. The number of rotatable bonds is 40. The van der Waals surface area contributed by atoms with Crippen LogP contribution in [-0.4, -0.2) is 102 Å². The summed E-state index contributed by atoms with van der Waals surface area (Å²) in [5, 5.41) is 7.29. The Kier molecular flexibility index (Phi) is 56.7. The molecule has 0 amide bonds. The van der Waals surface area contributed by atoms with Gasteiger partial charge in [-0.1, -0.05) is 250 Å². The number of hydrogen-bond acceptors (Lipinski definition) is 15. The molecular formula is C116H174N4O10S3. The van der Waals surface area contributed by atoms with Crippen LogP contribution in [0.4, 0.5) is 11.4 Å². The molecule has 7 aliphatic rings. The third-order valence-electron chi connectivity index (χ3n) is 26.3. The molecule has 7 aromatic rings. The van der Waals surface area contributed by atoms with E-state index in [1.165, 1.54) is 254 Å². The first kappa shape index (κ1) is 111. The van der Waals surface area contributed by atoms with Crippen molar-refractivity contribution in [2.24, 2.45) is 52.4 Å². The number of hydrazone groups is 1. The fourth-order valence-electron chi connectivity index (χ4n) is 18.5. The summed E-state index contributed by atoms with van der Waals surface area (Å²) in [6.45, 7) is 22.8. The molecule has 0 aliphatic heterocycles. The van der Waals surface area contributed by atoms with Crippen molar-refractivity contribution in [3.05, 3.63) is 181 Å². The number of sulfone groups is 1. The number of hydrogen-bond donors (Lipinski definition) is 2. The van der Waals surface area contributed by atoms with Crippen LogP contribution < -0.4 is 49.2 Å². The largest absolute Gasteiger partial charge is 0.493 e. The van der Waals surface area contributed by atoms with E-state index >= 15 is 0 Å². The Labute approximate surface area is 814 Å². The molecule has 0 spiro atoms. The van der Waals surface area contributed by atoms with Gasteiger partial charge in [0, 0.05) is 76.7 Å². The molecule has 0 aromatic heterocycles. The lowest BCUT2D eigenvalue weighted by Gasteiger charge is -2.23. The van der Waals surface area contributed by atoms with E-state index in [-0.39, 0.29) is 5.75 Å². The van der Waals surface area contributed by atoms with Crippen molar-refractivity contribution in [2.45, 2.75) is 346 Å². The predicted molar refractivity (Wildman–Crippen MR) is 564 cm³/mol. The molecule has 3 N–H and O–H groups in total. The minimum absolute atomic E-state index is 0.194. The van der Waals surface area contributed by atoms with Crippen LogP contribution in [0, 0.1) is 53.3 Å². The molecule has 736 valence electrons. The lowest BCUT2D eigenvalue weighted by Crippen LogP contribution is -2.18. The van der Waals surface area contributed by atoms with E-state index < -0.39 is 20.6 Å². The number of nitrogens with one attached hydrogen (secondary N) is 1. The average molecular weight is 1880 g/mol. The fraction of sp³-hybridized carbons (Fsp3) is 0.612. The maximum atomic E-state index is 12.0. The number of unbranched alkanes of at least 4 members (excludes halogenated alkanes) is 1. The molecule has 14 rings (SSSR count). The lowest BCUT2D eigenvalue weighted by atomic mass is 9.90. The van der Waals surface area contributed by atoms with E-state index in [0.29, 0.717) is 35.5 Å². The van der Waals surface area contributed by atoms with E-state index in [9.17, 15) is 12.6 Å². The maximum absolute atomic E-state index is 12.0. The molecule has 0 bridgehead atoms. The number of nitrogens with zero attached hydrogens (tertiary/aromatic N) is 2. The molecule has 0 radical (unpaired) electrons. The second kappa shape index (κ2) is 68.3. The summed E-state index contributed by atoms with van der Waals surface area (Å²) in [6.07, 6.45) is 56.3. The highest BCUT2D eigenvalue weighted by Crippen LogP contribution is 2.35. The molecule has 0 saturated heterocycles. The van der Waals surface area contributed by atoms with Gasteiger partial charge < -0.3 is 49.2 Å². The SMILES string of the molecule is CCCC#Cc1cccc(OCC2CCCCC2)c1.CCCC(=NN)c1cccc(OCC2CCCCC2)c1.CCCN(C)c1cccc(OCC2CCCCC2)c1.CCCNc1cccc(OCC2CCCCC2)c1.CCCS(=O)(=O)c1cccc(OCC2CCCCC2)c1.CCCS(=O)c1cccc(OCC2CCCCC2)c1.CCCSc1cccc(OCC2CCCCC2)c1. The van der Waals surface area contributed by atoms with Gasteiger partial charge in [-0.3, -0.25) is 4.21 Å². The van der Waals surface area contributed by atoms with Crippen LogP contribution >= 0.6 is 11.8 Å². The van der Waals surface area contributed by atoms with Crippen molar-refractivity contribution in [1.29, 1.82) is 0 Å². The lowest BCUT2D eigenvalue weighted by molar-refractivity contribution is 0.208. The second-order valence-corrected chi connectivity index (χ2v) is 43.0. The Morgan fingerprint density at radius 2 is 0.812 bits per heavy atom. The van der Waals surface area contributed by atoms with Crippen molar-refractivity contribution in [2.75, 3.05) is 93.9 Å². The van der Waals surface area contributed by atoms with E-state index in [1.807, 2.05) is 73.3 Å². The molecule has 7 saturated carbocycles. The number of benzene rings is 7. The van der Waals surface area contributed by atoms with Gasteiger partial charge in [0.2, 0.25) is 0 Å². The van der Waals surface area contributed by atoms with E-state index in [2.05, 4.69) is 173 Å². The summed E-state index contributed by atoms with van der Waals surface area (Å²) in [5.41, 5.74) is 5.52. The normalized spacial score (nSPS) is 16.8. The monoisotopic (exact) mass is 1880 g/mol. The quantitative estimate of drug-likeness (QED) is 0.0122. The Balaban J connectivity index is 0.000000191. The van der Waals surface area contributed by atoms with Crippen LogP contribution in [0.25, 0.3) is 0 Å². The summed E-state index contributed by atoms with van der Waals surface area (Å²) in [4.78, 5) is 4.88. The summed E-state index contributed by atoms with van der Waals surface area (Å²) in [5.74, 6) is 25.6. The number of ether oxygens (including phenoxy) is 7. The zero-order chi connectivity index (χ0) is 94.2. The summed E-state index contributed by atoms with van der Waals surface area (Å²) in [6, 6.07) is 56.4. The van der Waals surface area contributed by atoms with Gasteiger partial charge in [-0.25, -0.2) is 8.42 Å². The predicted octanol–water partition coefficient (Wildman–Crippen LogP) is 31.0. The van der Waals surface area contributed by atoms with Gasteiger partial charge in [0.05, 0.1) is 73.4 Å². The van der Waals surface area contributed by atoms with Crippen molar-refractivity contribution in [3.8, 4) is 52.1 Å². The molecule has 7 fully saturated rings. The Morgan fingerprint density at radius 1 is 0.414 bits per heavy atom. The van der Waals surface area contributed by atoms with E-state index in [4.69, 9.17) is 39.0 Å². The number of thioether (sulfide) groups is 1. The third-order valence-corrected chi connectivity index (χ3v) is 31.0. The minimum atomic E-state index is -3.16. The van der Waals surface area contributed by atoms with Gasteiger partial charge in [-0.05, 0) is 291 Å². The summed E-state index contributed by atoms with van der Waals surface area (Å²) < 4.78 is 77.5. The Bertz CT molecular complexity index is 4360. The molecule has 0 heterocycles. The standard InChI is InChI=1S/C18H24O.C17H26N2O.C17H27NO.C16H25NO.C16H24O3S.C16H24O2S.C16H24OS/c1-2-3-5-9-16-12-8-13-18(14-16)19-15-17-10-6-4-7-11-17;1-2-7-17(19-18)15-10-6-11-16(12-15)20-13-14-8-4-3-5-9-14;1-3-12-18(2)16-10-7-11-17(13-16)19-14-15-8-5-4-6-9-15;1-2-11-17-15-9-6-10-16(12-15)18-13-14-7-4-3-5-8-14;1-2-11-20(17,18)16-10-6-9-15(12-16)19-13-14-7-4-3-5-8-14;1-2-11-19(17)16-10-6-9-15(12-16)18-13-14-7-4-3-5-8-14;1-2-11-18-16-10-6-9-15(12-16)17-13-14-7-4-3-5-8-14/h8,12-14,17H,2-4,6-7,10-11,15H2,1H3;6,10-12,14H,2-5,7-9,13,18H2,1H3;7,10-11,13,15H,3-6,8-9,12,14H2,1-2H3;6,9-10,12,14,17H,2-5,7-8,11,13H2,1H3;6,9-10,12,14H,2-5,7-8,11,13H2,1H3;6,9-10,12,14H,2-5,7-8,11,13H2,1H3;6,9-10,12,14H,2-5,7-8,11,13H2,1H3. The van der Waals surface area contributed by atoms with Gasteiger partial charge >= 0.3 is 0 Å². The van der Waals surface area contributed by atoms with Gasteiger partial charge in [-0.2, -0.15) is 5.10 Å². The zero-order valence-corrected chi connectivity index (χ0v) is 86.0. The highest BCUT2D eigenvalue weighted by Gasteiger charge is 2.23. The van der Waals surface area contributed by atoms with Crippen LogP contribution in [0.1, 0.15) is 342 Å². The number of anilines is 2. The summed E-state index contributed by atoms with van der Waals surface area (Å²) in [7, 11) is -1.90. The molecule has 17 heteroatoms. The first-order valence-electron chi connectivity index (χ1n) is 52.7. The highest BCUT2D eigenvalue weighted by molar-refractivity contribution is 7.99. The molecular weight excluding hydrogens is 1710 g/mol. The van der Waals surface area contributed by atoms with Crippen molar-refractivity contribution >= 4 is 49.5 Å². The van der Waals surface area contributed by atoms with E-state index in [1.54, 1.807) is 18.2 Å². The van der Waals surface area contributed by atoms with Crippen molar-refractivity contribution in [1.82, 2.24) is 0 Å². The van der Waals surface area contributed by atoms with Crippen LogP contribution in [0.3, 0.4) is 0 Å². The van der Waals surface area contributed by atoms with Crippen molar-refractivity contribution in [3.63, 3.8) is 0 Å². The molecule has 1 unspecified atom stereocenters. The summed E-state index contributed by atoms with van der Waals surface area (Å²) >= 11 is 1.92. The number of nitrogens with two attached hydrogens (primary N) is 1. The van der Waals surface area contributed by atoms with Crippen molar-refractivity contribution < 1.29 is 45.8 Å². The van der Waals surface area contributed by atoms with Gasteiger partial charge in [-0.15, -0.1) is 11.8 Å². The molecule has 7 aliphatic carbocycles. The molecule has 133 heavy (non-hydrogen) atoms. The average Bonchev–Trinajstić information content (AvgIpc) is 0.837. The van der Waals surface area contributed by atoms with Crippen LogP contribution in [0.5, 0.6) is 40.2 Å². The molecule has 1 atom stereocenters. The topological polar surface area (TPSA) is 169 Å². The van der Waals surface area contributed by atoms with Gasteiger partial charge in [0.1, 0.15) is 40.2 Å².